The standard InChI is InChI=1S/C19H17NO3/c21-17(11-13-20-16-9-5-2-6-10-16)18-12-14-22-19(23-18)15-7-3-1-4-8-15/h1-13,19-20H,14H2/b13-11-. The highest BCUT2D eigenvalue weighted by Gasteiger charge is 2.21. The van der Waals surface area contributed by atoms with E-state index >= 15 is 0 Å². The molecule has 1 aliphatic heterocycles. The van der Waals surface area contributed by atoms with Crippen molar-refractivity contribution in [2.75, 3.05) is 11.9 Å². The number of allylic oxidation sites excluding steroid dienone is 1. The van der Waals surface area contributed by atoms with Gasteiger partial charge in [0.2, 0.25) is 12.1 Å². The molecule has 0 fully saturated rings. The quantitative estimate of drug-likeness (QED) is 0.853. The second kappa shape index (κ2) is 7.42. The smallest absolute Gasteiger partial charge is 0.227 e. The molecule has 4 heteroatoms. The Morgan fingerprint density at radius 3 is 2.48 bits per heavy atom. The predicted molar refractivity (Wildman–Crippen MR) is 88.5 cm³/mol. The Labute approximate surface area is 135 Å². The lowest BCUT2D eigenvalue weighted by atomic mass is 10.2. The summed E-state index contributed by atoms with van der Waals surface area (Å²) in [6.07, 6.45) is 4.16. The number of hydrogen-bond donors (Lipinski definition) is 1. The van der Waals surface area contributed by atoms with Crippen molar-refractivity contribution in [3.05, 3.63) is 90.3 Å². The average molecular weight is 307 g/mol. The van der Waals surface area contributed by atoms with Crippen molar-refractivity contribution >= 4 is 11.5 Å². The van der Waals surface area contributed by atoms with Crippen molar-refractivity contribution in [1.29, 1.82) is 0 Å². The van der Waals surface area contributed by atoms with Crippen LogP contribution in [0, 0.1) is 0 Å². The van der Waals surface area contributed by atoms with Gasteiger partial charge in [0.1, 0.15) is 0 Å². The predicted octanol–water partition coefficient (Wildman–Crippen LogP) is 3.81. The average Bonchev–Trinajstić information content (AvgIpc) is 2.63. The Morgan fingerprint density at radius 2 is 1.74 bits per heavy atom. The van der Waals surface area contributed by atoms with Gasteiger partial charge in [0.25, 0.3) is 0 Å². The summed E-state index contributed by atoms with van der Waals surface area (Å²) < 4.78 is 11.2. The number of ether oxygens (including phenoxy) is 2. The van der Waals surface area contributed by atoms with Crippen LogP contribution < -0.4 is 5.32 Å². The van der Waals surface area contributed by atoms with Gasteiger partial charge >= 0.3 is 0 Å². The van der Waals surface area contributed by atoms with Gasteiger partial charge in [-0.2, -0.15) is 0 Å². The molecule has 116 valence electrons. The Kier molecular flexibility index (Phi) is 4.86. The third-order valence-corrected chi connectivity index (χ3v) is 3.32. The molecule has 0 saturated carbocycles. The van der Waals surface area contributed by atoms with E-state index in [-0.39, 0.29) is 5.78 Å². The SMILES string of the molecule is O=C(/C=C\Nc1ccccc1)C1=CCOC(c2ccccc2)O1. The van der Waals surface area contributed by atoms with Crippen LogP contribution >= 0.6 is 0 Å². The first-order valence-electron chi connectivity index (χ1n) is 7.39. The summed E-state index contributed by atoms with van der Waals surface area (Å²) in [5.74, 6) is 0.105. The van der Waals surface area contributed by atoms with E-state index in [9.17, 15) is 4.79 Å². The van der Waals surface area contributed by atoms with Crippen LogP contribution in [0.3, 0.4) is 0 Å². The number of anilines is 1. The van der Waals surface area contributed by atoms with Crippen molar-refractivity contribution in [3.63, 3.8) is 0 Å². The molecule has 23 heavy (non-hydrogen) atoms. The molecule has 0 amide bonds. The van der Waals surface area contributed by atoms with Crippen molar-refractivity contribution in [3.8, 4) is 0 Å². The molecular formula is C19H17NO3. The molecule has 0 radical (unpaired) electrons. The number of carbonyl (C=O) groups is 1. The third-order valence-electron chi connectivity index (χ3n) is 3.32. The number of ketones is 1. The number of rotatable bonds is 5. The van der Waals surface area contributed by atoms with E-state index in [4.69, 9.17) is 9.47 Å². The van der Waals surface area contributed by atoms with Gasteiger partial charge in [0.15, 0.2) is 5.76 Å². The molecule has 1 unspecified atom stereocenters. The number of benzene rings is 2. The maximum absolute atomic E-state index is 12.2. The van der Waals surface area contributed by atoms with Crippen LogP contribution in [0.25, 0.3) is 0 Å². The van der Waals surface area contributed by atoms with E-state index in [1.54, 1.807) is 12.3 Å². The van der Waals surface area contributed by atoms with E-state index in [1.165, 1.54) is 6.08 Å². The third kappa shape index (κ3) is 4.08. The zero-order chi connectivity index (χ0) is 15.9. The fourth-order valence-corrected chi connectivity index (χ4v) is 2.17. The molecule has 1 aliphatic rings. The summed E-state index contributed by atoms with van der Waals surface area (Å²) in [4.78, 5) is 12.2. The first-order valence-corrected chi connectivity index (χ1v) is 7.39. The van der Waals surface area contributed by atoms with Crippen LogP contribution in [0.15, 0.2) is 84.8 Å². The second-order valence-corrected chi connectivity index (χ2v) is 4.97. The van der Waals surface area contributed by atoms with Crippen LogP contribution in [0.4, 0.5) is 5.69 Å². The topological polar surface area (TPSA) is 47.6 Å². The first kappa shape index (κ1) is 15.1. The molecule has 0 spiro atoms. The van der Waals surface area contributed by atoms with Gasteiger partial charge in [-0.3, -0.25) is 4.79 Å². The van der Waals surface area contributed by atoms with Crippen LogP contribution in [0.5, 0.6) is 0 Å². The molecule has 3 rings (SSSR count). The van der Waals surface area contributed by atoms with Crippen LogP contribution in [0.2, 0.25) is 0 Å². The zero-order valence-corrected chi connectivity index (χ0v) is 12.5. The van der Waals surface area contributed by atoms with E-state index in [1.807, 2.05) is 60.7 Å². The van der Waals surface area contributed by atoms with Gasteiger partial charge in [0.05, 0.1) is 6.61 Å². The van der Waals surface area contributed by atoms with Gasteiger partial charge in [-0.25, -0.2) is 0 Å². The molecule has 2 aromatic carbocycles. The summed E-state index contributed by atoms with van der Waals surface area (Å²) in [7, 11) is 0. The highest BCUT2D eigenvalue weighted by Crippen LogP contribution is 2.25. The van der Waals surface area contributed by atoms with Crippen molar-refractivity contribution < 1.29 is 14.3 Å². The minimum absolute atomic E-state index is 0.197. The Hall–Kier alpha value is -2.85. The summed E-state index contributed by atoms with van der Waals surface area (Å²) >= 11 is 0. The minimum Gasteiger partial charge on any atom is -0.457 e. The largest absolute Gasteiger partial charge is 0.457 e. The van der Waals surface area contributed by atoms with Gasteiger partial charge in [-0.1, -0.05) is 48.5 Å². The lowest BCUT2D eigenvalue weighted by Gasteiger charge is -2.24. The van der Waals surface area contributed by atoms with Gasteiger partial charge in [-0.05, 0) is 18.2 Å². The van der Waals surface area contributed by atoms with Crippen LogP contribution in [0.1, 0.15) is 11.9 Å². The Morgan fingerprint density at radius 1 is 1.04 bits per heavy atom. The number of carbonyl (C=O) groups excluding carboxylic acids is 1. The minimum atomic E-state index is -0.546. The van der Waals surface area contributed by atoms with Gasteiger partial charge in [-0.15, -0.1) is 0 Å². The molecule has 0 aliphatic carbocycles. The number of hydrogen-bond acceptors (Lipinski definition) is 4. The molecule has 1 atom stereocenters. The summed E-state index contributed by atoms with van der Waals surface area (Å²) in [5.41, 5.74) is 1.80. The monoisotopic (exact) mass is 307 g/mol. The maximum atomic E-state index is 12.2. The molecule has 0 aromatic heterocycles. The van der Waals surface area contributed by atoms with Gasteiger partial charge in [0, 0.05) is 23.5 Å². The molecular weight excluding hydrogens is 290 g/mol. The second-order valence-electron chi connectivity index (χ2n) is 4.97. The Balaban J connectivity index is 1.60. The summed E-state index contributed by atoms with van der Waals surface area (Å²) in [5, 5.41) is 3.04. The summed E-state index contributed by atoms with van der Waals surface area (Å²) in [6.45, 7) is 0.348. The lowest BCUT2D eigenvalue weighted by Crippen LogP contribution is -2.18. The number of para-hydroxylation sites is 1. The van der Waals surface area contributed by atoms with Gasteiger partial charge < -0.3 is 14.8 Å². The van der Waals surface area contributed by atoms with Crippen molar-refractivity contribution in [2.45, 2.75) is 6.29 Å². The molecule has 2 aromatic rings. The summed E-state index contributed by atoms with van der Waals surface area (Å²) in [6, 6.07) is 19.2. The van der Waals surface area contributed by atoms with E-state index in [0.717, 1.165) is 11.3 Å². The molecule has 1 N–H and O–H groups in total. The Bertz CT molecular complexity index is 708. The van der Waals surface area contributed by atoms with Crippen molar-refractivity contribution in [2.24, 2.45) is 0 Å². The lowest BCUT2D eigenvalue weighted by molar-refractivity contribution is -0.142. The maximum Gasteiger partial charge on any atom is 0.227 e. The zero-order valence-electron chi connectivity index (χ0n) is 12.5. The molecule has 0 bridgehead atoms. The first-order chi connectivity index (χ1) is 11.3. The van der Waals surface area contributed by atoms with Crippen LogP contribution in [-0.2, 0) is 14.3 Å². The van der Waals surface area contributed by atoms with E-state index in [0.29, 0.717) is 12.4 Å². The fourth-order valence-electron chi connectivity index (χ4n) is 2.17. The molecule has 0 saturated heterocycles. The highest BCUT2D eigenvalue weighted by atomic mass is 16.7. The van der Waals surface area contributed by atoms with E-state index < -0.39 is 6.29 Å². The molecule has 1 heterocycles. The molecule has 4 nitrogen and oxygen atoms in total. The van der Waals surface area contributed by atoms with Crippen molar-refractivity contribution in [1.82, 2.24) is 0 Å². The normalized spacial score (nSPS) is 17.4. The fraction of sp³-hybridized carbons (Fsp3) is 0.105. The van der Waals surface area contributed by atoms with Crippen LogP contribution in [-0.4, -0.2) is 12.4 Å². The number of nitrogens with one attached hydrogen (secondary N) is 1. The highest BCUT2D eigenvalue weighted by molar-refractivity contribution is 6.02. The van der Waals surface area contributed by atoms with E-state index in [2.05, 4.69) is 5.32 Å².